The number of hydrogen-bond donors (Lipinski definition) is 2. The molecule has 2 N–H and O–H groups in total. The number of methoxy groups -OCH3 is 1. The number of aliphatic imine (C=N–C) groups is 1. The Balaban J connectivity index is 0.00000441. The smallest absolute Gasteiger partial charge is 0.191 e. The van der Waals surface area contributed by atoms with Crippen molar-refractivity contribution in [2.24, 2.45) is 4.99 Å². The first kappa shape index (κ1) is 20.6. The van der Waals surface area contributed by atoms with Crippen LogP contribution < -0.4 is 20.1 Å². The average molecular weight is 419 g/mol. The molecule has 1 aromatic rings. The highest BCUT2D eigenvalue weighted by atomic mass is 127. The van der Waals surface area contributed by atoms with Crippen LogP contribution in [0, 0.1) is 0 Å². The Kier molecular flexibility index (Phi) is 11.3. The number of hydrogen-bond acceptors (Lipinski definition) is 3. The van der Waals surface area contributed by atoms with Crippen LogP contribution in [-0.2, 0) is 0 Å². The molecule has 0 aliphatic rings. The Morgan fingerprint density at radius 3 is 2.73 bits per heavy atom. The third-order valence-electron chi connectivity index (χ3n) is 2.64. The molecule has 0 spiro atoms. The standard InChI is InChI=1S/C16H25N3O2.HI/c1-5-10-18-16(17-6-2)19-12-13(3)21-15-9-7-8-14(11-15)20-4;/h5,7-9,11,13H,1,6,10,12H2,2-4H3,(H2,17,18,19);1H. The second-order valence-electron chi connectivity index (χ2n) is 4.50. The summed E-state index contributed by atoms with van der Waals surface area (Å²) in [6, 6.07) is 7.56. The van der Waals surface area contributed by atoms with Gasteiger partial charge in [0.05, 0.1) is 13.7 Å². The van der Waals surface area contributed by atoms with Crippen LogP contribution in [0.25, 0.3) is 0 Å². The van der Waals surface area contributed by atoms with Crippen molar-refractivity contribution in [2.45, 2.75) is 20.0 Å². The second-order valence-corrected chi connectivity index (χ2v) is 4.50. The van der Waals surface area contributed by atoms with E-state index >= 15 is 0 Å². The minimum Gasteiger partial charge on any atom is -0.497 e. The van der Waals surface area contributed by atoms with Crippen molar-refractivity contribution in [3.8, 4) is 11.5 Å². The number of ether oxygens (including phenoxy) is 2. The fourth-order valence-corrected chi connectivity index (χ4v) is 1.67. The van der Waals surface area contributed by atoms with Crippen LogP contribution in [0.5, 0.6) is 11.5 Å². The molecule has 0 heterocycles. The molecule has 0 aliphatic carbocycles. The number of nitrogens with one attached hydrogen (secondary N) is 2. The molecule has 6 heteroatoms. The van der Waals surface area contributed by atoms with Gasteiger partial charge in [-0.05, 0) is 26.0 Å². The molecule has 0 saturated carbocycles. The SMILES string of the molecule is C=CCNC(=NCC(C)Oc1cccc(OC)c1)NCC.I. The predicted molar refractivity (Wildman–Crippen MR) is 103 cm³/mol. The summed E-state index contributed by atoms with van der Waals surface area (Å²) in [5.74, 6) is 2.32. The van der Waals surface area contributed by atoms with Gasteiger partial charge in [0.2, 0.25) is 0 Å². The third-order valence-corrected chi connectivity index (χ3v) is 2.64. The summed E-state index contributed by atoms with van der Waals surface area (Å²) >= 11 is 0. The van der Waals surface area contributed by atoms with E-state index in [1.807, 2.05) is 38.1 Å². The number of halogens is 1. The lowest BCUT2D eigenvalue weighted by atomic mass is 10.3. The predicted octanol–water partition coefficient (Wildman–Crippen LogP) is 2.82. The Labute approximate surface area is 150 Å². The minimum absolute atomic E-state index is 0. The molecule has 0 fully saturated rings. The van der Waals surface area contributed by atoms with E-state index in [0.29, 0.717) is 13.1 Å². The number of nitrogens with zero attached hydrogens (tertiary/aromatic N) is 1. The third kappa shape index (κ3) is 8.11. The molecule has 0 radical (unpaired) electrons. The summed E-state index contributed by atoms with van der Waals surface area (Å²) in [6.45, 7) is 9.74. The first-order valence-corrected chi connectivity index (χ1v) is 7.13. The second kappa shape index (κ2) is 12.1. The monoisotopic (exact) mass is 419 g/mol. The Bertz CT molecular complexity index is 466. The van der Waals surface area contributed by atoms with Crippen molar-refractivity contribution in [1.29, 1.82) is 0 Å². The first-order chi connectivity index (χ1) is 10.2. The highest BCUT2D eigenvalue weighted by Crippen LogP contribution is 2.19. The van der Waals surface area contributed by atoms with E-state index in [1.54, 1.807) is 13.2 Å². The van der Waals surface area contributed by atoms with Crippen LogP contribution in [0.15, 0.2) is 41.9 Å². The summed E-state index contributed by atoms with van der Waals surface area (Å²) in [4.78, 5) is 4.48. The largest absolute Gasteiger partial charge is 0.497 e. The molecule has 22 heavy (non-hydrogen) atoms. The van der Waals surface area contributed by atoms with E-state index in [4.69, 9.17) is 9.47 Å². The minimum atomic E-state index is -0.0312. The lowest BCUT2D eigenvalue weighted by molar-refractivity contribution is 0.229. The van der Waals surface area contributed by atoms with Gasteiger partial charge in [0.25, 0.3) is 0 Å². The van der Waals surface area contributed by atoms with Crippen LogP contribution in [-0.4, -0.2) is 38.8 Å². The Morgan fingerprint density at radius 1 is 1.36 bits per heavy atom. The van der Waals surface area contributed by atoms with Gasteiger partial charge >= 0.3 is 0 Å². The molecule has 0 bridgehead atoms. The molecule has 124 valence electrons. The van der Waals surface area contributed by atoms with Gasteiger partial charge in [-0.25, -0.2) is 4.99 Å². The van der Waals surface area contributed by atoms with Crippen molar-refractivity contribution in [3.05, 3.63) is 36.9 Å². The van der Waals surface area contributed by atoms with Gasteiger partial charge in [0, 0.05) is 19.2 Å². The van der Waals surface area contributed by atoms with Crippen LogP contribution in [0.4, 0.5) is 0 Å². The van der Waals surface area contributed by atoms with Crippen molar-refractivity contribution in [2.75, 3.05) is 26.7 Å². The van der Waals surface area contributed by atoms with Gasteiger partial charge in [-0.2, -0.15) is 0 Å². The zero-order valence-corrected chi connectivity index (χ0v) is 15.8. The van der Waals surface area contributed by atoms with Gasteiger partial charge in [0.1, 0.15) is 17.6 Å². The number of benzene rings is 1. The van der Waals surface area contributed by atoms with Crippen LogP contribution >= 0.6 is 24.0 Å². The summed E-state index contributed by atoms with van der Waals surface area (Å²) in [5, 5.41) is 6.32. The molecular weight excluding hydrogens is 393 g/mol. The number of rotatable bonds is 8. The van der Waals surface area contributed by atoms with Gasteiger partial charge in [-0.15, -0.1) is 30.6 Å². The molecule has 1 atom stereocenters. The fourth-order valence-electron chi connectivity index (χ4n) is 1.67. The van der Waals surface area contributed by atoms with Crippen molar-refractivity contribution in [1.82, 2.24) is 10.6 Å². The number of guanidine groups is 1. The van der Waals surface area contributed by atoms with Crippen molar-refractivity contribution < 1.29 is 9.47 Å². The molecule has 1 rings (SSSR count). The van der Waals surface area contributed by atoms with E-state index < -0.39 is 0 Å². The maximum atomic E-state index is 5.83. The zero-order valence-electron chi connectivity index (χ0n) is 13.5. The molecular formula is C16H26IN3O2. The maximum absolute atomic E-state index is 5.83. The van der Waals surface area contributed by atoms with Crippen LogP contribution in [0.1, 0.15) is 13.8 Å². The molecule has 0 aromatic heterocycles. The van der Waals surface area contributed by atoms with E-state index in [9.17, 15) is 0 Å². The summed E-state index contributed by atoms with van der Waals surface area (Å²) in [5.41, 5.74) is 0. The maximum Gasteiger partial charge on any atom is 0.191 e. The topological polar surface area (TPSA) is 54.9 Å². The van der Waals surface area contributed by atoms with Gasteiger partial charge in [0.15, 0.2) is 5.96 Å². The van der Waals surface area contributed by atoms with Gasteiger partial charge in [-0.3, -0.25) is 0 Å². The fraction of sp³-hybridized carbons (Fsp3) is 0.438. The van der Waals surface area contributed by atoms with Gasteiger partial charge in [-0.1, -0.05) is 12.1 Å². The zero-order chi connectivity index (χ0) is 15.5. The molecule has 0 aliphatic heterocycles. The van der Waals surface area contributed by atoms with E-state index in [2.05, 4.69) is 22.2 Å². The molecule has 1 aromatic carbocycles. The molecule has 0 amide bonds. The van der Waals surface area contributed by atoms with E-state index in [1.165, 1.54) is 0 Å². The van der Waals surface area contributed by atoms with Crippen molar-refractivity contribution >= 4 is 29.9 Å². The van der Waals surface area contributed by atoms with Crippen LogP contribution in [0.3, 0.4) is 0 Å². The summed E-state index contributed by atoms with van der Waals surface area (Å²) in [7, 11) is 1.64. The Hall–Kier alpha value is -1.44. The normalized spacial score (nSPS) is 11.9. The average Bonchev–Trinajstić information content (AvgIpc) is 2.50. The summed E-state index contributed by atoms with van der Waals surface area (Å²) in [6.07, 6.45) is 1.76. The van der Waals surface area contributed by atoms with Gasteiger partial charge < -0.3 is 20.1 Å². The van der Waals surface area contributed by atoms with Crippen LogP contribution in [0.2, 0.25) is 0 Å². The Morgan fingerprint density at radius 2 is 2.09 bits per heavy atom. The highest BCUT2D eigenvalue weighted by Gasteiger charge is 2.05. The lowest BCUT2D eigenvalue weighted by Gasteiger charge is -2.15. The molecule has 0 saturated heterocycles. The van der Waals surface area contributed by atoms with E-state index in [-0.39, 0.29) is 30.1 Å². The highest BCUT2D eigenvalue weighted by molar-refractivity contribution is 14.0. The molecule has 1 unspecified atom stereocenters. The lowest BCUT2D eigenvalue weighted by Crippen LogP contribution is -2.38. The summed E-state index contributed by atoms with van der Waals surface area (Å²) < 4.78 is 11.0. The molecule has 5 nitrogen and oxygen atoms in total. The quantitative estimate of drug-likeness (QED) is 0.295. The van der Waals surface area contributed by atoms with E-state index in [0.717, 1.165) is 24.0 Å². The first-order valence-electron chi connectivity index (χ1n) is 7.13. The van der Waals surface area contributed by atoms with Crippen molar-refractivity contribution in [3.63, 3.8) is 0 Å².